The largest absolute Gasteiger partial charge is 0.378 e. The summed E-state index contributed by atoms with van der Waals surface area (Å²) in [5, 5.41) is 3.37. The van der Waals surface area contributed by atoms with Crippen molar-refractivity contribution in [3.63, 3.8) is 0 Å². The molecule has 3 nitrogen and oxygen atoms in total. The van der Waals surface area contributed by atoms with Gasteiger partial charge in [0.1, 0.15) is 0 Å². The van der Waals surface area contributed by atoms with Gasteiger partial charge in [-0.15, -0.1) is 0 Å². The summed E-state index contributed by atoms with van der Waals surface area (Å²) in [5.74, 6) is 0.160. The number of benzene rings is 1. The van der Waals surface area contributed by atoms with Crippen LogP contribution in [-0.2, 0) is 4.74 Å². The van der Waals surface area contributed by atoms with Gasteiger partial charge in [0.25, 0.3) is 0 Å². The minimum atomic E-state index is 0.134. The lowest BCUT2D eigenvalue weighted by atomic mass is 10.0. The van der Waals surface area contributed by atoms with Crippen LogP contribution >= 0.6 is 15.9 Å². The quantitative estimate of drug-likeness (QED) is 0.871. The molecule has 0 radical (unpaired) electrons. The first-order chi connectivity index (χ1) is 8.15. The number of morpholine rings is 1. The zero-order valence-electron chi connectivity index (χ0n) is 9.78. The molecular weight excluding hydrogens is 282 g/mol. The van der Waals surface area contributed by atoms with Crippen LogP contribution in [0.5, 0.6) is 0 Å². The van der Waals surface area contributed by atoms with E-state index in [0.29, 0.717) is 19.1 Å². The molecule has 1 fully saturated rings. The van der Waals surface area contributed by atoms with Crippen LogP contribution in [0.15, 0.2) is 28.7 Å². The van der Waals surface area contributed by atoms with E-state index < -0.39 is 0 Å². The molecule has 17 heavy (non-hydrogen) atoms. The van der Waals surface area contributed by atoms with E-state index in [9.17, 15) is 4.79 Å². The highest BCUT2D eigenvalue weighted by Gasteiger charge is 2.21. The first kappa shape index (κ1) is 12.7. The minimum absolute atomic E-state index is 0.134. The van der Waals surface area contributed by atoms with Gasteiger partial charge in [0.15, 0.2) is 5.78 Å². The van der Waals surface area contributed by atoms with E-state index >= 15 is 0 Å². The number of ketones is 1. The standard InChI is InChI=1S/C13H16BrNO2/c1-9-7-17-8-12(15-9)6-13(16)10-2-4-11(14)5-3-10/h2-5,9,12,15H,6-8H2,1H3. The Labute approximate surface area is 110 Å². The van der Waals surface area contributed by atoms with Crippen molar-refractivity contribution in [2.45, 2.75) is 25.4 Å². The van der Waals surface area contributed by atoms with Crippen LogP contribution in [0.4, 0.5) is 0 Å². The Morgan fingerprint density at radius 3 is 2.76 bits per heavy atom. The first-order valence-corrected chi connectivity index (χ1v) is 6.57. The summed E-state index contributed by atoms with van der Waals surface area (Å²) in [5.41, 5.74) is 0.758. The lowest BCUT2D eigenvalue weighted by Gasteiger charge is -2.28. The third kappa shape index (κ3) is 3.63. The predicted molar refractivity (Wildman–Crippen MR) is 70.3 cm³/mol. The fraction of sp³-hybridized carbons (Fsp3) is 0.462. The van der Waals surface area contributed by atoms with Crippen LogP contribution in [0.3, 0.4) is 0 Å². The topological polar surface area (TPSA) is 38.3 Å². The Kier molecular flexibility index (Phi) is 4.31. The van der Waals surface area contributed by atoms with Crippen molar-refractivity contribution >= 4 is 21.7 Å². The molecule has 1 aliphatic rings. The molecule has 0 aromatic heterocycles. The Hall–Kier alpha value is -0.710. The summed E-state index contributed by atoms with van der Waals surface area (Å²) < 4.78 is 6.42. The predicted octanol–water partition coefficient (Wildman–Crippen LogP) is 2.40. The number of hydrogen-bond acceptors (Lipinski definition) is 3. The number of ether oxygens (including phenoxy) is 1. The number of hydrogen-bond donors (Lipinski definition) is 1. The van der Waals surface area contributed by atoms with E-state index in [4.69, 9.17) is 4.74 Å². The average molecular weight is 298 g/mol. The van der Waals surface area contributed by atoms with Crippen LogP contribution in [0.2, 0.25) is 0 Å². The summed E-state index contributed by atoms with van der Waals surface area (Å²) in [6.07, 6.45) is 0.492. The maximum Gasteiger partial charge on any atom is 0.164 e. The highest BCUT2D eigenvalue weighted by atomic mass is 79.9. The number of carbonyl (C=O) groups excluding carboxylic acids is 1. The molecule has 0 spiro atoms. The lowest BCUT2D eigenvalue weighted by Crippen LogP contribution is -2.48. The van der Waals surface area contributed by atoms with Gasteiger partial charge in [0.05, 0.1) is 13.2 Å². The fourth-order valence-corrected chi connectivity index (χ4v) is 2.25. The normalized spacial score (nSPS) is 24.6. The maximum absolute atomic E-state index is 12.0. The van der Waals surface area contributed by atoms with Gasteiger partial charge in [-0.05, 0) is 19.1 Å². The van der Waals surface area contributed by atoms with E-state index in [1.165, 1.54) is 0 Å². The molecule has 0 bridgehead atoms. The van der Waals surface area contributed by atoms with Gasteiger partial charge in [0.2, 0.25) is 0 Å². The third-order valence-electron chi connectivity index (χ3n) is 2.81. The van der Waals surface area contributed by atoms with E-state index in [2.05, 4.69) is 28.2 Å². The summed E-state index contributed by atoms with van der Waals surface area (Å²) >= 11 is 3.36. The molecule has 0 amide bonds. The number of carbonyl (C=O) groups is 1. The zero-order valence-corrected chi connectivity index (χ0v) is 11.4. The van der Waals surface area contributed by atoms with Crippen molar-refractivity contribution in [3.8, 4) is 0 Å². The van der Waals surface area contributed by atoms with Crippen LogP contribution in [-0.4, -0.2) is 31.1 Å². The fourth-order valence-electron chi connectivity index (χ4n) is 1.98. The van der Waals surface area contributed by atoms with Crippen molar-refractivity contribution in [1.82, 2.24) is 5.32 Å². The summed E-state index contributed by atoms with van der Waals surface area (Å²) in [7, 11) is 0. The monoisotopic (exact) mass is 297 g/mol. The molecule has 2 atom stereocenters. The molecule has 0 aliphatic carbocycles. The van der Waals surface area contributed by atoms with Gasteiger partial charge in [0, 0.05) is 28.5 Å². The molecule has 1 aromatic rings. The molecule has 1 aliphatic heterocycles. The highest BCUT2D eigenvalue weighted by Crippen LogP contribution is 2.13. The lowest BCUT2D eigenvalue weighted by molar-refractivity contribution is 0.0463. The minimum Gasteiger partial charge on any atom is -0.378 e. The number of halogens is 1. The van der Waals surface area contributed by atoms with E-state index in [1.807, 2.05) is 24.3 Å². The van der Waals surface area contributed by atoms with E-state index in [-0.39, 0.29) is 11.8 Å². The second-order valence-electron chi connectivity index (χ2n) is 4.44. The van der Waals surface area contributed by atoms with Crippen LogP contribution in [0.1, 0.15) is 23.7 Å². The smallest absolute Gasteiger partial charge is 0.164 e. The van der Waals surface area contributed by atoms with Crippen LogP contribution in [0, 0.1) is 0 Å². The van der Waals surface area contributed by atoms with Gasteiger partial charge in [-0.3, -0.25) is 4.79 Å². The maximum atomic E-state index is 12.0. The van der Waals surface area contributed by atoms with Crippen molar-refractivity contribution in [1.29, 1.82) is 0 Å². The van der Waals surface area contributed by atoms with Crippen LogP contribution in [0.25, 0.3) is 0 Å². The van der Waals surface area contributed by atoms with Crippen molar-refractivity contribution in [2.75, 3.05) is 13.2 Å². The zero-order chi connectivity index (χ0) is 12.3. The average Bonchev–Trinajstić information content (AvgIpc) is 2.29. The van der Waals surface area contributed by atoms with Crippen LogP contribution < -0.4 is 5.32 Å². The van der Waals surface area contributed by atoms with Gasteiger partial charge in [-0.25, -0.2) is 0 Å². The Morgan fingerprint density at radius 2 is 2.12 bits per heavy atom. The Balaban J connectivity index is 1.94. The second-order valence-corrected chi connectivity index (χ2v) is 5.35. The second kappa shape index (κ2) is 5.76. The van der Waals surface area contributed by atoms with E-state index in [0.717, 1.165) is 16.6 Å². The van der Waals surface area contributed by atoms with Gasteiger partial charge in [-0.1, -0.05) is 28.1 Å². The SMILES string of the molecule is CC1COCC(CC(=O)c2ccc(Br)cc2)N1. The molecule has 0 saturated carbocycles. The molecular formula is C13H16BrNO2. The Morgan fingerprint density at radius 1 is 1.41 bits per heavy atom. The first-order valence-electron chi connectivity index (χ1n) is 5.77. The van der Waals surface area contributed by atoms with Gasteiger partial charge >= 0.3 is 0 Å². The highest BCUT2D eigenvalue weighted by molar-refractivity contribution is 9.10. The van der Waals surface area contributed by atoms with Crippen molar-refractivity contribution in [2.24, 2.45) is 0 Å². The molecule has 2 rings (SSSR count). The molecule has 1 N–H and O–H groups in total. The van der Waals surface area contributed by atoms with Gasteiger partial charge < -0.3 is 10.1 Å². The number of rotatable bonds is 3. The number of nitrogens with one attached hydrogen (secondary N) is 1. The molecule has 1 aromatic carbocycles. The van der Waals surface area contributed by atoms with Gasteiger partial charge in [-0.2, -0.15) is 0 Å². The molecule has 2 unspecified atom stereocenters. The third-order valence-corrected chi connectivity index (χ3v) is 3.33. The molecule has 4 heteroatoms. The Bertz CT molecular complexity index is 391. The summed E-state index contributed by atoms with van der Waals surface area (Å²) in [6.45, 7) is 3.41. The van der Waals surface area contributed by atoms with E-state index in [1.54, 1.807) is 0 Å². The van der Waals surface area contributed by atoms with Crippen molar-refractivity contribution in [3.05, 3.63) is 34.3 Å². The summed E-state index contributed by atoms with van der Waals surface area (Å²) in [6, 6.07) is 7.93. The molecule has 92 valence electrons. The molecule has 1 heterocycles. The molecule has 1 saturated heterocycles. The summed E-state index contributed by atoms with van der Waals surface area (Å²) in [4.78, 5) is 12.0. The number of Topliss-reactive ketones (excluding diaryl/α,β-unsaturated/α-hetero) is 1. The van der Waals surface area contributed by atoms with Crippen molar-refractivity contribution < 1.29 is 9.53 Å².